The molecule has 1 aromatic carbocycles. The van der Waals surface area contributed by atoms with E-state index in [2.05, 4.69) is 38.1 Å². The van der Waals surface area contributed by atoms with Crippen molar-refractivity contribution in [2.75, 3.05) is 6.61 Å². The Morgan fingerprint density at radius 1 is 0.943 bits per heavy atom. The molecule has 0 amide bonds. The third-order valence-corrected chi connectivity index (χ3v) is 16.3. The maximum atomic E-state index is 13.8. The smallest absolute Gasteiger partial charge is 0.331 e. The van der Waals surface area contributed by atoms with Gasteiger partial charge in [-0.15, -0.1) is 0 Å². The molecule has 1 heterocycles. The fourth-order valence-corrected chi connectivity index (χ4v) is 13.5. The van der Waals surface area contributed by atoms with Crippen LogP contribution in [0.5, 0.6) is 0 Å². The van der Waals surface area contributed by atoms with Crippen molar-refractivity contribution in [3.8, 4) is 0 Å². The maximum absolute atomic E-state index is 13.8. The lowest BCUT2D eigenvalue weighted by atomic mass is 9.31. The van der Waals surface area contributed by atoms with E-state index in [4.69, 9.17) is 9.47 Å². The molecule has 7 heteroatoms. The minimum Gasteiger partial charge on any atom is -0.462 e. The van der Waals surface area contributed by atoms with Crippen LogP contribution in [0.2, 0.25) is 0 Å². The van der Waals surface area contributed by atoms with Crippen molar-refractivity contribution in [1.82, 2.24) is 0 Å². The number of hydrogen-bond acceptors (Lipinski definition) is 7. The number of aryl methyl sites for hydroxylation is 1. The molecule has 3 N–H and O–H groups in total. The SMILES string of the molecule is CC(=O)O[C@@H]1C[C@]2(C)C=C[C@@](O)(CC[C@H](C)CCCc3ccccc3)[C@@]3([C@H](O)CC[C@@](C)(C4CCC5(CCCC5)CC4)[C@H]13)[C@@]2(O)CCC1=CC(=O)OC1. The molecule has 0 unspecified atom stereocenters. The average molecular weight is 731 g/mol. The van der Waals surface area contributed by atoms with Crippen molar-refractivity contribution in [1.29, 1.82) is 0 Å². The topological polar surface area (TPSA) is 113 Å². The molecule has 9 atom stereocenters. The minimum atomic E-state index is -1.56. The number of carbonyl (C=O) groups excluding carboxylic acids is 2. The van der Waals surface area contributed by atoms with Gasteiger partial charge in [-0.25, -0.2) is 4.79 Å². The zero-order valence-corrected chi connectivity index (χ0v) is 32.9. The lowest BCUT2D eigenvalue weighted by Gasteiger charge is -2.76. The van der Waals surface area contributed by atoms with Gasteiger partial charge in [-0.3, -0.25) is 4.79 Å². The van der Waals surface area contributed by atoms with Crippen LogP contribution >= 0.6 is 0 Å². The second-order valence-electron chi connectivity index (χ2n) is 19.2. The van der Waals surface area contributed by atoms with Crippen molar-refractivity contribution in [2.45, 2.75) is 167 Å². The Morgan fingerprint density at radius 2 is 1.66 bits per heavy atom. The summed E-state index contributed by atoms with van der Waals surface area (Å²) in [6, 6.07) is 10.6. The van der Waals surface area contributed by atoms with Crippen LogP contribution in [-0.4, -0.2) is 57.3 Å². The summed E-state index contributed by atoms with van der Waals surface area (Å²) >= 11 is 0. The first-order chi connectivity index (χ1) is 25.2. The highest BCUT2D eigenvalue weighted by atomic mass is 16.5. The van der Waals surface area contributed by atoms with E-state index >= 15 is 0 Å². The van der Waals surface area contributed by atoms with Crippen molar-refractivity contribution < 1.29 is 34.4 Å². The monoisotopic (exact) mass is 730 g/mol. The summed E-state index contributed by atoms with van der Waals surface area (Å²) in [5.41, 5.74) is -3.23. The van der Waals surface area contributed by atoms with E-state index in [1.165, 1.54) is 57.1 Å². The van der Waals surface area contributed by atoms with E-state index < -0.39 is 40.2 Å². The van der Waals surface area contributed by atoms with Crippen LogP contribution in [0.1, 0.15) is 142 Å². The average Bonchev–Trinajstić information content (AvgIpc) is 3.77. The number of aliphatic hydroxyl groups is 3. The van der Waals surface area contributed by atoms with Gasteiger partial charge in [-0.2, -0.15) is 0 Å². The fourth-order valence-electron chi connectivity index (χ4n) is 13.5. The van der Waals surface area contributed by atoms with Crippen LogP contribution in [-0.2, 0) is 25.5 Å². The standard InChI is InChI=1S/C46H66O7/c1-32(11-10-14-34-12-6-5-7-13-34)15-25-44(50)28-27-41(3)30-37(53-33(2)47)40-42(4,36-17-23-43(24-18-36)20-8-9-21-43)22-19-38(48)46(40,44)45(41,51)26-16-35-29-39(49)52-31-35/h5-7,12-13,27-29,32,36-38,40,48,50-51H,8-11,14-26,30-31H2,1-4H3/t32-,37-,38-,40+,41+,42+,44+,45-,46+/m1/s1. The number of aliphatic hydroxyl groups excluding tert-OH is 1. The van der Waals surface area contributed by atoms with Gasteiger partial charge in [-0.1, -0.05) is 82.5 Å². The highest BCUT2D eigenvalue weighted by Crippen LogP contribution is 2.76. The molecule has 2 bridgehead atoms. The number of hydrogen-bond donors (Lipinski definition) is 3. The highest BCUT2D eigenvalue weighted by Gasteiger charge is 2.81. The largest absolute Gasteiger partial charge is 0.462 e. The zero-order chi connectivity index (χ0) is 37.7. The molecule has 4 fully saturated rings. The van der Waals surface area contributed by atoms with E-state index in [-0.39, 0.29) is 30.4 Å². The number of esters is 2. The van der Waals surface area contributed by atoms with Gasteiger partial charge in [0.05, 0.1) is 22.7 Å². The molecule has 292 valence electrons. The Morgan fingerprint density at radius 3 is 2.32 bits per heavy atom. The molecule has 0 aromatic heterocycles. The van der Waals surface area contributed by atoms with E-state index in [1.807, 2.05) is 25.1 Å². The third-order valence-electron chi connectivity index (χ3n) is 16.3. The van der Waals surface area contributed by atoms with Crippen molar-refractivity contribution in [3.05, 3.63) is 59.7 Å². The second kappa shape index (κ2) is 14.5. The van der Waals surface area contributed by atoms with Gasteiger partial charge in [0.15, 0.2) is 0 Å². The third kappa shape index (κ3) is 6.56. The van der Waals surface area contributed by atoms with E-state index in [0.29, 0.717) is 42.9 Å². The molecule has 0 saturated heterocycles. The number of cyclic esters (lactones) is 1. The molecular formula is C46H66O7. The molecule has 7 nitrogen and oxygen atoms in total. The van der Waals surface area contributed by atoms with Gasteiger partial charge >= 0.3 is 11.9 Å². The van der Waals surface area contributed by atoms with Crippen LogP contribution < -0.4 is 0 Å². The summed E-state index contributed by atoms with van der Waals surface area (Å²) in [6.07, 6.45) is 20.2. The van der Waals surface area contributed by atoms with Crippen LogP contribution in [0, 0.1) is 39.4 Å². The number of rotatable bonds is 12. The van der Waals surface area contributed by atoms with Crippen LogP contribution in [0.4, 0.5) is 0 Å². The van der Waals surface area contributed by atoms with Crippen molar-refractivity contribution in [3.63, 3.8) is 0 Å². The van der Waals surface area contributed by atoms with Crippen LogP contribution in [0.3, 0.4) is 0 Å². The highest BCUT2D eigenvalue weighted by molar-refractivity contribution is 5.85. The predicted octanol–water partition coefficient (Wildman–Crippen LogP) is 8.58. The summed E-state index contributed by atoms with van der Waals surface area (Å²) in [4.78, 5) is 25.2. The van der Waals surface area contributed by atoms with Gasteiger partial charge < -0.3 is 24.8 Å². The normalized spacial score (nSPS) is 39.7. The van der Waals surface area contributed by atoms with Gasteiger partial charge in [0.1, 0.15) is 12.7 Å². The number of benzene rings is 1. The molecule has 5 aliphatic carbocycles. The van der Waals surface area contributed by atoms with Gasteiger partial charge in [0.25, 0.3) is 0 Å². The van der Waals surface area contributed by atoms with Crippen LogP contribution in [0.15, 0.2) is 54.1 Å². The second-order valence-corrected chi connectivity index (χ2v) is 19.2. The van der Waals surface area contributed by atoms with E-state index in [0.717, 1.165) is 50.5 Å². The van der Waals surface area contributed by atoms with Gasteiger partial charge in [0.2, 0.25) is 0 Å². The quantitative estimate of drug-likeness (QED) is 0.146. The molecule has 4 saturated carbocycles. The zero-order valence-electron chi connectivity index (χ0n) is 32.9. The number of ether oxygens (including phenoxy) is 2. The lowest BCUT2D eigenvalue weighted by molar-refractivity contribution is -0.362. The Kier molecular flexibility index (Phi) is 10.6. The summed E-state index contributed by atoms with van der Waals surface area (Å²) in [5.74, 6) is -0.555. The van der Waals surface area contributed by atoms with Gasteiger partial charge in [-0.05, 0) is 130 Å². The maximum Gasteiger partial charge on any atom is 0.331 e. The van der Waals surface area contributed by atoms with E-state index in [1.54, 1.807) is 0 Å². The van der Waals surface area contributed by atoms with Crippen molar-refractivity contribution in [2.24, 2.45) is 39.4 Å². The predicted molar refractivity (Wildman–Crippen MR) is 206 cm³/mol. The van der Waals surface area contributed by atoms with E-state index in [9.17, 15) is 24.9 Å². The first-order valence-corrected chi connectivity index (χ1v) is 21.1. The molecule has 53 heavy (non-hydrogen) atoms. The molecule has 0 radical (unpaired) electrons. The number of carbonyl (C=O) groups is 2. The fraction of sp³-hybridized carbons (Fsp3) is 0.739. The summed E-state index contributed by atoms with van der Waals surface area (Å²) in [6.45, 7) is 8.29. The Hall–Kier alpha value is -2.48. The lowest BCUT2D eigenvalue weighted by Crippen LogP contribution is -2.83. The molecular weight excluding hydrogens is 664 g/mol. The molecule has 1 aromatic rings. The first-order valence-electron chi connectivity index (χ1n) is 21.1. The molecule has 7 rings (SSSR count). The Bertz CT molecular complexity index is 1550. The Labute approximate surface area is 318 Å². The summed E-state index contributed by atoms with van der Waals surface area (Å²) < 4.78 is 11.7. The summed E-state index contributed by atoms with van der Waals surface area (Å²) in [5, 5.41) is 40.3. The molecule has 2 spiro atoms. The number of fused-ring (bicyclic) bond motifs is 1. The summed E-state index contributed by atoms with van der Waals surface area (Å²) in [7, 11) is 0. The molecule has 1 aliphatic heterocycles. The first kappa shape index (κ1) is 38.8. The molecule has 6 aliphatic rings. The van der Waals surface area contributed by atoms with Crippen molar-refractivity contribution >= 4 is 11.9 Å². The Balaban J connectivity index is 1.28. The minimum absolute atomic E-state index is 0.197. The van der Waals surface area contributed by atoms with Crippen LogP contribution in [0.25, 0.3) is 0 Å². The van der Waals surface area contributed by atoms with Gasteiger partial charge in [0, 0.05) is 24.3 Å².